The van der Waals surface area contributed by atoms with Crippen LogP contribution in [-0.2, 0) is 10.2 Å². The quantitative estimate of drug-likeness (QED) is 0.702. The maximum atomic E-state index is 11.3. The topological polar surface area (TPSA) is 77.8 Å². The zero-order chi connectivity index (χ0) is 11.9. The number of aliphatic hydroxyl groups is 1. The Hall–Kier alpha value is -1.55. The third-order valence-electron chi connectivity index (χ3n) is 3.34. The molecule has 1 aromatic rings. The number of hydrogen-bond donors (Lipinski definition) is 3. The molecule has 0 heterocycles. The van der Waals surface area contributed by atoms with Crippen molar-refractivity contribution >= 4 is 5.97 Å². The van der Waals surface area contributed by atoms with Crippen molar-refractivity contribution in [3.8, 4) is 5.75 Å². The number of phenolic OH excluding ortho intramolecular Hbond substituents is 1. The summed E-state index contributed by atoms with van der Waals surface area (Å²) in [5.41, 5.74) is 0.252. The molecule has 0 amide bonds. The Morgan fingerprint density at radius 3 is 2.50 bits per heavy atom. The summed E-state index contributed by atoms with van der Waals surface area (Å²) in [5.74, 6) is -0.847. The van der Waals surface area contributed by atoms with Crippen LogP contribution >= 0.6 is 0 Å². The van der Waals surface area contributed by atoms with Crippen LogP contribution < -0.4 is 0 Å². The Bertz CT molecular complexity index is 433. The van der Waals surface area contributed by atoms with Crippen LogP contribution in [0.15, 0.2) is 18.2 Å². The summed E-state index contributed by atoms with van der Waals surface area (Å²) < 4.78 is 0. The smallest absolute Gasteiger partial charge is 0.314 e. The maximum absolute atomic E-state index is 11.3. The van der Waals surface area contributed by atoms with Crippen molar-refractivity contribution < 1.29 is 20.1 Å². The van der Waals surface area contributed by atoms with Gasteiger partial charge in [0.2, 0.25) is 0 Å². The predicted molar refractivity (Wildman–Crippen MR) is 57.4 cm³/mol. The number of benzene rings is 1. The lowest BCUT2D eigenvalue weighted by molar-refractivity contribution is -0.152. The molecule has 0 bridgehead atoms. The molecule has 1 aromatic carbocycles. The first-order valence-corrected chi connectivity index (χ1v) is 5.17. The van der Waals surface area contributed by atoms with E-state index in [1.807, 2.05) is 0 Å². The molecule has 4 nitrogen and oxygen atoms in total. The molecular formula is C12H14O4. The molecule has 1 saturated carbocycles. The highest BCUT2D eigenvalue weighted by Gasteiger charge is 2.51. The van der Waals surface area contributed by atoms with Gasteiger partial charge in [0.05, 0.1) is 11.5 Å². The van der Waals surface area contributed by atoms with Crippen molar-refractivity contribution in [2.45, 2.75) is 31.3 Å². The van der Waals surface area contributed by atoms with Crippen molar-refractivity contribution in [2.24, 2.45) is 0 Å². The highest BCUT2D eigenvalue weighted by Crippen LogP contribution is 2.45. The molecule has 0 atom stereocenters. The van der Waals surface area contributed by atoms with E-state index in [9.17, 15) is 20.1 Å². The fourth-order valence-electron chi connectivity index (χ4n) is 2.19. The molecule has 16 heavy (non-hydrogen) atoms. The van der Waals surface area contributed by atoms with Crippen LogP contribution in [0.5, 0.6) is 5.75 Å². The second-order valence-corrected chi connectivity index (χ2v) is 4.45. The van der Waals surface area contributed by atoms with E-state index in [2.05, 4.69) is 0 Å². The van der Waals surface area contributed by atoms with Gasteiger partial charge in [0, 0.05) is 0 Å². The molecule has 1 aliphatic carbocycles. The summed E-state index contributed by atoms with van der Waals surface area (Å²) in [6.45, 7) is 1.75. The summed E-state index contributed by atoms with van der Waals surface area (Å²) >= 11 is 0. The average Bonchev–Trinajstić information content (AvgIpc) is 2.17. The van der Waals surface area contributed by atoms with Gasteiger partial charge >= 0.3 is 5.97 Å². The lowest BCUT2D eigenvalue weighted by Gasteiger charge is -2.42. The number of aromatic hydroxyl groups is 1. The number of phenols is 1. The van der Waals surface area contributed by atoms with Crippen molar-refractivity contribution in [3.05, 3.63) is 29.3 Å². The molecule has 0 aliphatic heterocycles. The highest BCUT2D eigenvalue weighted by atomic mass is 16.4. The van der Waals surface area contributed by atoms with Crippen LogP contribution in [0, 0.1) is 6.92 Å². The molecule has 0 radical (unpaired) electrons. The highest BCUT2D eigenvalue weighted by molar-refractivity contribution is 5.83. The molecule has 3 N–H and O–H groups in total. The van der Waals surface area contributed by atoms with E-state index in [0.717, 1.165) is 0 Å². The van der Waals surface area contributed by atoms with Crippen LogP contribution in [-0.4, -0.2) is 27.4 Å². The first kappa shape index (κ1) is 11.0. The van der Waals surface area contributed by atoms with Gasteiger partial charge in [-0.25, -0.2) is 0 Å². The molecule has 86 valence electrons. The molecule has 0 unspecified atom stereocenters. The van der Waals surface area contributed by atoms with Gasteiger partial charge in [0.25, 0.3) is 0 Å². The van der Waals surface area contributed by atoms with Crippen LogP contribution in [0.1, 0.15) is 24.0 Å². The standard InChI is InChI=1S/C12H14O4/c1-7-2-3-8(4-10(7)14)12(11(15)16)5-9(13)6-12/h2-4,9,13-14H,5-6H2,1H3,(H,15,16). The second kappa shape index (κ2) is 3.49. The van der Waals surface area contributed by atoms with E-state index in [0.29, 0.717) is 11.1 Å². The molecule has 0 aromatic heterocycles. The number of aliphatic carboxylic acids is 1. The van der Waals surface area contributed by atoms with E-state index >= 15 is 0 Å². The van der Waals surface area contributed by atoms with Gasteiger partial charge in [-0.05, 0) is 37.0 Å². The maximum Gasteiger partial charge on any atom is 0.314 e. The van der Waals surface area contributed by atoms with Crippen LogP contribution in [0.2, 0.25) is 0 Å². The Morgan fingerprint density at radius 2 is 2.06 bits per heavy atom. The Morgan fingerprint density at radius 1 is 1.44 bits per heavy atom. The van der Waals surface area contributed by atoms with Gasteiger partial charge < -0.3 is 15.3 Å². The number of hydrogen-bond acceptors (Lipinski definition) is 3. The van der Waals surface area contributed by atoms with Crippen LogP contribution in [0.25, 0.3) is 0 Å². The van der Waals surface area contributed by atoms with Gasteiger partial charge in [0.15, 0.2) is 0 Å². The van der Waals surface area contributed by atoms with Gasteiger partial charge in [-0.15, -0.1) is 0 Å². The third kappa shape index (κ3) is 1.46. The SMILES string of the molecule is Cc1ccc(C2(C(=O)O)CC(O)C2)cc1O. The van der Waals surface area contributed by atoms with Crippen molar-refractivity contribution in [1.29, 1.82) is 0 Å². The Balaban J connectivity index is 2.41. The third-order valence-corrected chi connectivity index (χ3v) is 3.34. The average molecular weight is 222 g/mol. The minimum atomic E-state index is -1.02. The summed E-state index contributed by atoms with van der Waals surface area (Å²) in [4.78, 5) is 11.3. The number of aliphatic hydroxyl groups excluding tert-OH is 1. The number of carboxylic acids is 1. The Kier molecular flexibility index (Phi) is 2.39. The van der Waals surface area contributed by atoms with Gasteiger partial charge in [0.1, 0.15) is 5.75 Å². The van der Waals surface area contributed by atoms with E-state index < -0.39 is 17.5 Å². The summed E-state index contributed by atoms with van der Waals surface area (Å²) in [6.07, 6.45) is -0.130. The minimum absolute atomic E-state index is 0.0968. The van der Waals surface area contributed by atoms with Crippen LogP contribution in [0.4, 0.5) is 0 Å². The van der Waals surface area contributed by atoms with Gasteiger partial charge in [-0.3, -0.25) is 4.79 Å². The number of carbonyl (C=O) groups is 1. The molecule has 1 aliphatic rings. The summed E-state index contributed by atoms with van der Waals surface area (Å²) in [5, 5.41) is 28.1. The molecular weight excluding hydrogens is 208 g/mol. The van der Waals surface area contributed by atoms with Crippen molar-refractivity contribution in [1.82, 2.24) is 0 Å². The summed E-state index contributed by atoms with van der Waals surface area (Å²) in [7, 11) is 0. The van der Waals surface area contributed by atoms with E-state index in [-0.39, 0.29) is 18.6 Å². The number of carboxylic acid groups (broad SMARTS) is 1. The molecule has 0 spiro atoms. The van der Waals surface area contributed by atoms with Crippen molar-refractivity contribution in [3.63, 3.8) is 0 Å². The zero-order valence-corrected chi connectivity index (χ0v) is 8.97. The molecule has 4 heteroatoms. The number of rotatable bonds is 2. The Labute approximate surface area is 93.2 Å². The molecule has 2 rings (SSSR count). The van der Waals surface area contributed by atoms with E-state index in [1.54, 1.807) is 19.1 Å². The molecule has 0 saturated heterocycles. The fourth-order valence-corrected chi connectivity index (χ4v) is 2.19. The number of aryl methyl sites for hydroxylation is 1. The molecule has 1 fully saturated rings. The monoisotopic (exact) mass is 222 g/mol. The first-order chi connectivity index (χ1) is 7.45. The fraction of sp³-hybridized carbons (Fsp3) is 0.417. The summed E-state index contributed by atoms with van der Waals surface area (Å²) in [6, 6.07) is 4.88. The first-order valence-electron chi connectivity index (χ1n) is 5.17. The van der Waals surface area contributed by atoms with Crippen molar-refractivity contribution in [2.75, 3.05) is 0 Å². The van der Waals surface area contributed by atoms with Gasteiger partial charge in [-0.2, -0.15) is 0 Å². The predicted octanol–water partition coefficient (Wildman–Crippen LogP) is 1.18. The normalized spacial score (nSPS) is 28.5. The minimum Gasteiger partial charge on any atom is -0.508 e. The zero-order valence-electron chi connectivity index (χ0n) is 8.97. The van der Waals surface area contributed by atoms with Gasteiger partial charge in [-0.1, -0.05) is 12.1 Å². The van der Waals surface area contributed by atoms with Crippen LogP contribution in [0.3, 0.4) is 0 Å². The van der Waals surface area contributed by atoms with E-state index in [1.165, 1.54) is 6.07 Å². The lowest BCUT2D eigenvalue weighted by atomic mass is 9.62. The largest absolute Gasteiger partial charge is 0.508 e. The van der Waals surface area contributed by atoms with E-state index in [4.69, 9.17) is 0 Å². The second-order valence-electron chi connectivity index (χ2n) is 4.45. The lowest BCUT2D eigenvalue weighted by Crippen LogP contribution is -2.50.